The lowest BCUT2D eigenvalue weighted by atomic mass is 10.0. The molecule has 1 aliphatic heterocycles. The van der Waals surface area contributed by atoms with Gasteiger partial charge in [0.1, 0.15) is 5.75 Å². The molecule has 0 aromatic heterocycles. The van der Waals surface area contributed by atoms with Crippen molar-refractivity contribution in [2.24, 2.45) is 0 Å². The third-order valence-electron chi connectivity index (χ3n) is 4.72. The molecule has 2 aromatic rings. The number of nitrogens with zero attached hydrogens (tertiary/aromatic N) is 1. The van der Waals surface area contributed by atoms with Crippen molar-refractivity contribution in [3.63, 3.8) is 0 Å². The van der Waals surface area contributed by atoms with Crippen molar-refractivity contribution in [1.82, 2.24) is 4.90 Å². The molecule has 3 rings (SSSR count). The number of rotatable bonds is 5. The Morgan fingerprint density at radius 2 is 1.67 bits per heavy atom. The van der Waals surface area contributed by atoms with Crippen molar-refractivity contribution in [3.8, 4) is 5.75 Å². The van der Waals surface area contributed by atoms with E-state index in [4.69, 9.17) is 9.47 Å². The predicted octanol–water partition coefficient (Wildman–Crippen LogP) is 4.67. The summed E-state index contributed by atoms with van der Waals surface area (Å²) in [5.74, 6) is 0.547. The quantitative estimate of drug-likeness (QED) is 0.524. The van der Waals surface area contributed by atoms with Crippen LogP contribution in [0.3, 0.4) is 0 Å². The van der Waals surface area contributed by atoms with Crippen molar-refractivity contribution in [3.05, 3.63) is 77.4 Å². The van der Waals surface area contributed by atoms with E-state index in [2.05, 4.69) is 0 Å². The van der Waals surface area contributed by atoms with Gasteiger partial charge in [-0.05, 0) is 41.0 Å². The minimum absolute atomic E-state index is 0.138. The number of carbonyl (C=O) groups excluding carboxylic acids is 1. The van der Waals surface area contributed by atoms with Crippen molar-refractivity contribution >= 4 is 17.6 Å². The van der Waals surface area contributed by atoms with Gasteiger partial charge in [-0.3, -0.25) is 4.79 Å². The Morgan fingerprint density at radius 3 is 2.23 bits per heavy atom. The van der Waals surface area contributed by atoms with Crippen LogP contribution in [-0.2, 0) is 15.7 Å². The van der Waals surface area contributed by atoms with E-state index in [-0.39, 0.29) is 5.91 Å². The van der Waals surface area contributed by atoms with Gasteiger partial charge in [-0.2, -0.15) is 13.2 Å². The normalized spacial score (nSPS) is 15.5. The average molecular weight is 417 g/mol. The van der Waals surface area contributed by atoms with E-state index < -0.39 is 11.7 Å². The van der Waals surface area contributed by atoms with Crippen molar-refractivity contribution < 1.29 is 27.4 Å². The summed E-state index contributed by atoms with van der Waals surface area (Å²) in [6.07, 6.45) is 0.570. The van der Waals surface area contributed by atoms with E-state index in [9.17, 15) is 18.0 Å². The van der Waals surface area contributed by atoms with Gasteiger partial charge in [-0.15, -0.1) is 0 Å². The monoisotopic (exact) mass is 417 g/mol. The van der Waals surface area contributed by atoms with Gasteiger partial charge >= 0.3 is 6.18 Å². The molecule has 0 aliphatic carbocycles. The second kappa shape index (κ2) is 9.63. The van der Waals surface area contributed by atoms with Crippen molar-refractivity contribution in [1.29, 1.82) is 0 Å². The first kappa shape index (κ1) is 21.6. The number of alkyl halides is 3. The highest BCUT2D eigenvalue weighted by molar-refractivity contribution is 5.98. The smallest absolute Gasteiger partial charge is 0.416 e. The predicted molar refractivity (Wildman–Crippen MR) is 109 cm³/mol. The lowest BCUT2D eigenvalue weighted by Crippen LogP contribution is -2.39. The third kappa shape index (κ3) is 5.73. The second-order valence-corrected chi connectivity index (χ2v) is 6.72. The molecule has 7 heteroatoms. The number of methoxy groups -OCH3 is 1. The SMILES string of the molecule is COc1ccc(C(/C=C/c2ccc(C(F)(F)F)cc2)=C/C(=O)N2CCOCC2)cc1. The Bertz CT molecular complexity index is 910. The lowest BCUT2D eigenvalue weighted by molar-refractivity contribution is -0.137. The molecule has 30 heavy (non-hydrogen) atoms. The van der Waals surface area contributed by atoms with Gasteiger partial charge in [0.15, 0.2) is 0 Å². The largest absolute Gasteiger partial charge is 0.497 e. The minimum Gasteiger partial charge on any atom is -0.497 e. The number of hydrogen-bond acceptors (Lipinski definition) is 3. The zero-order valence-corrected chi connectivity index (χ0v) is 16.5. The number of benzene rings is 2. The number of hydrogen-bond donors (Lipinski definition) is 0. The number of ether oxygens (including phenoxy) is 2. The Morgan fingerprint density at radius 1 is 1.03 bits per heavy atom. The molecular formula is C23H22F3NO3. The molecule has 1 amide bonds. The highest BCUT2D eigenvalue weighted by atomic mass is 19.4. The van der Waals surface area contributed by atoms with Crippen LogP contribution < -0.4 is 4.74 Å². The van der Waals surface area contributed by atoms with Crippen LogP contribution in [0.25, 0.3) is 11.6 Å². The lowest BCUT2D eigenvalue weighted by Gasteiger charge is -2.25. The minimum atomic E-state index is -4.37. The first-order valence-electron chi connectivity index (χ1n) is 9.45. The number of carbonyl (C=O) groups is 1. The molecule has 158 valence electrons. The van der Waals surface area contributed by atoms with Crippen LogP contribution in [0.15, 0.2) is 60.7 Å². The molecule has 0 atom stereocenters. The molecule has 0 spiro atoms. The maximum absolute atomic E-state index is 12.7. The summed E-state index contributed by atoms with van der Waals surface area (Å²) in [4.78, 5) is 14.4. The Labute approximate surface area is 173 Å². The molecule has 1 fully saturated rings. The number of amides is 1. The van der Waals surface area contributed by atoms with Gasteiger partial charge in [-0.1, -0.05) is 36.4 Å². The topological polar surface area (TPSA) is 38.8 Å². The maximum atomic E-state index is 12.7. The van der Waals surface area contributed by atoms with E-state index in [1.54, 1.807) is 36.3 Å². The van der Waals surface area contributed by atoms with Crippen LogP contribution in [0.2, 0.25) is 0 Å². The maximum Gasteiger partial charge on any atom is 0.416 e. The van der Waals surface area contributed by atoms with Gasteiger partial charge in [0.25, 0.3) is 0 Å². The standard InChI is InChI=1S/C23H22F3NO3/c1-29-21-10-6-18(7-11-21)19(16-22(28)27-12-14-30-15-13-27)5-2-17-3-8-20(9-4-17)23(24,25)26/h2-11,16H,12-15H2,1H3/b5-2+,19-16+. The van der Waals surface area contributed by atoms with E-state index in [1.165, 1.54) is 18.2 Å². The molecule has 0 radical (unpaired) electrons. The number of morpholine rings is 1. The van der Waals surface area contributed by atoms with Gasteiger partial charge < -0.3 is 14.4 Å². The summed E-state index contributed by atoms with van der Waals surface area (Å²) in [7, 11) is 1.57. The molecule has 0 unspecified atom stereocenters. The van der Waals surface area contributed by atoms with E-state index in [1.807, 2.05) is 12.1 Å². The molecule has 1 heterocycles. The van der Waals surface area contributed by atoms with E-state index in [0.717, 1.165) is 17.7 Å². The fourth-order valence-corrected chi connectivity index (χ4v) is 2.99. The van der Waals surface area contributed by atoms with Crippen LogP contribution in [0, 0.1) is 0 Å². The fraction of sp³-hybridized carbons (Fsp3) is 0.261. The number of allylic oxidation sites excluding steroid dienone is 2. The van der Waals surface area contributed by atoms with Crippen LogP contribution in [0.1, 0.15) is 16.7 Å². The fourth-order valence-electron chi connectivity index (χ4n) is 2.99. The zero-order chi connectivity index (χ0) is 21.6. The van der Waals surface area contributed by atoms with E-state index >= 15 is 0 Å². The molecule has 0 saturated carbocycles. The Balaban J connectivity index is 1.87. The van der Waals surface area contributed by atoms with Gasteiger partial charge in [0.2, 0.25) is 5.91 Å². The summed E-state index contributed by atoms with van der Waals surface area (Å²) in [5.41, 5.74) is 1.34. The summed E-state index contributed by atoms with van der Waals surface area (Å²) < 4.78 is 48.7. The van der Waals surface area contributed by atoms with Gasteiger partial charge in [0.05, 0.1) is 25.9 Å². The number of halogens is 3. The van der Waals surface area contributed by atoms with Crippen LogP contribution in [0.4, 0.5) is 13.2 Å². The second-order valence-electron chi connectivity index (χ2n) is 6.72. The zero-order valence-electron chi connectivity index (χ0n) is 16.5. The first-order chi connectivity index (χ1) is 14.4. The molecular weight excluding hydrogens is 395 g/mol. The highest BCUT2D eigenvalue weighted by Gasteiger charge is 2.29. The molecule has 2 aromatic carbocycles. The summed E-state index contributed by atoms with van der Waals surface area (Å²) in [6, 6.07) is 12.1. The van der Waals surface area contributed by atoms with Crippen LogP contribution >= 0.6 is 0 Å². The molecule has 0 bridgehead atoms. The van der Waals surface area contributed by atoms with Crippen LogP contribution in [-0.4, -0.2) is 44.2 Å². The van der Waals surface area contributed by atoms with Gasteiger partial charge in [-0.25, -0.2) is 0 Å². The molecule has 1 saturated heterocycles. The van der Waals surface area contributed by atoms with Gasteiger partial charge in [0, 0.05) is 19.2 Å². The van der Waals surface area contributed by atoms with Crippen molar-refractivity contribution in [2.45, 2.75) is 6.18 Å². The third-order valence-corrected chi connectivity index (χ3v) is 4.72. The first-order valence-corrected chi connectivity index (χ1v) is 9.45. The highest BCUT2D eigenvalue weighted by Crippen LogP contribution is 2.29. The Kier molecular flexibility index (Phi) is 6.95. The summed E-state index contributed by atoms with van der Waals surface area (Å²) >= 11 is 0. The molecule has 4 nitrogen and oxygen atoms in total. The van der Waals surface area contributed by atoms with E-state index in [0.29, 0.717) is 43.2 Å². The van der Waals surface area contributed by atoms with Crippen LogP contribution in [0.5, 0.6) is 5.75 Å². The molecule has 1 aliphatic rings. The molecule has 0 N–H and O–H groups in total. The average Bonchev–Trinajstić information content (AvgIpc) is 2.77. The van der Waals surface area contributed by atoms with Crippen molar-refractivity contribution in [2.75, 3.05) is 33.4 Å². The Hall–Kier alpha value is -3.06. The summed E-state index contributed by atoms with van der Waals surface area (Å²) in [5, 5.41) is 0. The summed E-state index contributed by atoms with van der Waals surface area (Å²) in [6.45, 7) is 2.04.